The Morgan fingerprint density at radius 2 is 2.00 bits per heavy atom. The number of hydrogen-bond donors (Lipinski definition) is 1. The molecule has 110 valence electrons. The molecule has 0 amide bonds. The van der Waals surface area contributed by atoms with Crippen molar-refractivity contribution >= 4 is 0 Å². The predicted molar refractivity (Wildman–Crippen MR) is 78.1 cm³/mol. The van der Waals surface area contributed by atoms with Crippen molar-refractivity contribution in [2.75, 3.05) is 26.8 Å². The molecule has 0 aromatic carbocycles. The number of furan rings is 1. The Kier molecular flexibility index (Phi) is 6.55. The van der Waals surface area contributed by atoms with Crippen molar-refractivity contribution in [3.63, 3.8) is 0 Å². The highest BCUT2D eigenvalue weighted by molar-refractivity contribution is 5.12. The number of ether oxygens (including phenoxy) is 1. The Balaban J connectivity index is 2.90. The highest BCUT2D eigenvalue weighted by Crippen LogP contribution is 2.26. The lowest BCUT2D eigenvalue weighted by molar-refractivity contribution is 0.0906. The molecule has 0 saturated carbocycles. The van der Waals surface area contributed by atoms with Crippen LogP contribution in [0.2, 0.25) is 0 Å². The van der Waals surface area contributed by atoms with Crippen LogP contribution < -0.4 is 5.73 Å². The fourth-order valence-corrected chi connectivity index (χ4v) is 2.41. The van der Waals surface area contributed by atoms with E-state index in [-0.39, 0.29) is 12.1 Å². The first-order valence-corrected chi connectivity index (χ1v) is 7.00. The number of nitrogens with zero attached hydrogens (tertiary/aromatic N) is 1. The summed E-state index contributed by atoms with van der Waals surface area (Å²) in [6, 6.07) is 4.14. The summed E-state index contributed by atoms with van der Waals surface area (Å²) >= 11 is 0. The topological polar surface area (TPSA) is 51.6 Å². The largest absolute Gasteiger partial charge is 0.465 e. The van der Waals surface area contributed by atoms with E-state index in [2.05, 4.69) is 18.7 Å². The predicted octanol–water partition coefficient (Wildman–Crippen LogP) is 2.58. The maximum atomic E-state index is 6.18. The number of hydrogen-bond acceptors (Lipinski definition) is 4. The molecule has 19 heavy (non-hydrogen) atoms. The Morgan fingerprint density at radius 3 is 2.42 bits per heavy atom. The van der Waals surface area contributed by atoms with Crippen LogP contribution in [0, 0.1) is 12.8 Å². The van der Waals surface area contributed by atoms with Gasteiger partial charge in [-0.25, -0.2) is 0 Å². The highest BCUT2D eigenvalue weighted by atomic mass is 16.5. The van der Waals surface area contributed by atoms with E-state index < -0.39 is 0 Å². The molecule has 0 spiro atoms. The van der Waals surface area contributed by atoms with Gasteiger partial charge in [0.25, 0.3) is 0 Å². The molecular formula is C15H28N2O2. The van der Waals surface area contributed by atoms with Crippen molar-refractivity contribution in [1.29, 1.82) is 0 Å². The van der Waals surface area contributed by atoms with Gasteiger partial charge in [-0.3, -0.25) is 4.90 Å². The molecule has 2 N–H and O–H groups in total. The summed E-state index contributed by atoms with van der Waals surface area (Å²) < 4.78 is 11.0. The van der Waals surface area contributed by atoms with Crippen molar-refractivity contribution in [3.8, 4) is 0 Å². The summed E-state index contributed by atoms with van der Waals surface area (Å²) in [7, 11) is 1.73. The lowest BCUT2D eigenvalue weighted by Gasteiger charge is -2.34. The van der Waals surface area contributed by atoms with E-state index >= 15 is 0 Å². The van der Waals surface area contributed by atoms with Crippen molar-refractivity contribution < 1.29 is 9.15 Å². The molecule has 0 radical (unpaired) electrons. The lowest BCUT2D eigenvalue weighted by Crippen LogP contribution is -2.42. The molecule has 0 aliphatic heterocycles. The standard InChI is InChI=1S/C15H28N2O2/c1-11(2)10-17(8-9-18-5)15(13(4)16)14-7-6-12(3)19-14/h6-7,11,13,15H,8-10,16H2,1-5H3. The van der Waals surface area contributed by atoms with Gasteiger partial charge < -0.3 is 14.9 Å². The molecule has 0 bridgehead atoms. The molecule has 1 rings (SSSR count). The Morgan fingerprint density at radius 1 is 1.32 bits per heavy atom. The Labute approximate surface area is 116 Å². The first-order chi connectivity index (χ1) is 8.95. The van der Waals surface area contributed by atoms with Crippen molar-refractivity contribution in [3.05, 3.63) is 23.7 Å². The number of rotatable bonds is 8. The first-order valence-electron chi connectivity index (χ1n) is 7.00. The number of methoxy groups -OCH3 is 1. The summed E-state index contributed by atoms with van der Waals surface area (Å²) in [5.41, 5.74) is 6.18. The average Bonchev–Trinajstić information content (AvgIpc) is 2.71. The maximum Gasteiger partial charge on any atom is 0.122 e. The quantitative estimate of drug-likeness (QED) is 0.787. The van der Waals surface area contributed by atoms with Crippen LogP contribution in [0.15, 0.2) is 16.5 Å². The molecular weight excluding hydrogens is 240 g/mol. The van der Waals surface area contributed by atoms with E-state index in [1.54, 1.807) is 7.11 Å². The van der Waals surface area contributed by atoms with Gasteiger partial charge in [0.15, 0.2) is 0 Å². The first kappa shape index (κ1) is 16.2. The van der Waals surface area contributed by atoms with Crippen molar-refractivity contribution in [1.82, 2.24) is 4.90 Å². The van der Waals surface area contributed by atoms with Crippen LogP contribution in [0.25, 0.3) is 0 Å². The van der Waals surface area contributed by atoms with E-state index in [1.165, 1.54) is 0 Å². The van der Waals surface area contributed by atoms with Gasteiger partial charge in [-0.1, -0.05) is 13.8 Å². The summed E-state index contributed by atoms with van der Waals surface area (Å²) in [5, 5.41) is 0. The van der Waals surface area contributed by atoms with E-state index in [0.29, 0.717) is 12.5 Å². The fourth-order valence-electron chi connectivity index (χ4n) is 2.41. The zero-order valence-corrected chi connectivity index (χ0v) is 12.8. The van der Waals surface area contributed by atoms with Gasteiger partial charge in [-0.2, -0.15) is 0 Å². The molecule has 1 aromatic heterocycles. The van der Waals surface area contributed by atoms with Crippen LogP contribution in [0.4, 0.5) is 0 Å². The summed E-state index contributed by atoms with van der Waals surface area (Å²) in [6.45, 7) is 11.0. The smallest absolute Gasteiger partial charge is 0.122 e. The van der Waals surface area contributed by atoms with Gasteiger partial charge in [0.2, 0.25) is 0 Å². The normalized spacial score (nSPS) is 15.2. The van der Waals surface area contributed by atoms with Crippen LogP contribution in [0.5, 0.6) is 0 Å². The van der Waals surface area contributed by atoms with Crippen LogP contribution in [-0.2, 0) is 4.74 Å². The van der Waals surface area contributed by atoms with E-state index in [4.69, 9.17) is 14.9 Å². The van der Waals surface area contributed by atoms with Crippen LogP contribution in [0.1, 0.15) is 38.3 Å². The van der Waals surface area contributed by atoms with Gasteiger partial charge in [0, 0.05) is 26.2 Å². The number of aryl methyl sites for hydroxylation is 1. The van der Waals surface area contributed by atoms with Gasteiger partial charge >= 0.3 is 0 Å². The molecule has 0 aliphatic carbocycles. The van der Waals surface area contributed by atoms with Crippen LogP contribution in [-0.4, -0.2) is 37.7 Å². The monoisotopic (exact) mass is 268 g/mol. The molecule has 1 aromatic rings. The molecule has 1 heterocycles. The second-order valence-corrected chi connectivity index (χ2v) is 5.63. The summed E-state index contributed by atoms with van der Waals surface area (Å²) in [6.07, 6.45) is 0. The van der Waals surface area contributed by atoms with Crippen molar-refractivity contribution in [2.45, 2.75) is 39.8 Å². The van der Waals surface area contributed by atoms with Crippen LogP contribution in [0.3, 0.4) is 0 Å². The zero-order valence-electron chi connectivity index (χ0n) is 12.8. The minimum atomic E-state index is 0.0150. The van der Waals surface area contributed by atoms with E-state index in [9.17, 15) is 0 Å². The second-order valence-electron chi connectivity index (χ2n) is 5.63. The minimum Gasteiger partial charge on any atom is -0.465 e. The third-order valence-corrected chi connectivity index (χ3v) is 3.13. The fraction of sp³-hybridized carbons (Fsp3) is 0.733. The maximum absolute atomic E-state index is 6.18. The lowest BCUT2D eigenvalue weighted by atomic mass is 10.0. The zero-order chi connectivity index (χ0) is 14.4. The second kappa shape index (κ2) is 7.68. The average molecular weight is 268 g/mol. The molecule has 0 aliphatic rings. The van der Waals surface area contributed by atoms with Gasteiger partial charge in [-0.05, 0) is 31.9 Å². The SMILES string of the molecule is COCCN(CC(C)C)C(c1ccc(C)o1)C(C)N. The summed E-state index contributed by atoms with van der Waals surface area (Å²) in [4.78, 5) is 2.36. The minimum absolute atomic E-state index is 0.0150. The Hall–Kier alpha value is -0.840. The highest BCUT2D eigenvalue weighted by Gasteiger charge is 2.27. The molecule has 0 saturated heterocycles. The number of nitrogens with two attached hydrogens (primary N) is 1. The van der Waals surface area contributed by atoms with E-state index in [0.717, 1.165) is 24.6 Å². The summed E-state index contributed by atoms with van der Waals surface area (Å²) in [5.74, 6) is 2.45. The molecule has 2 atom stereocenters. The van der Waals surface area contributed by atoms with Crippen molar-refractivity contribution in [2.24, 2.45) is 11.7 Å². The van der Waals surface area contributed by atoms with Gasteiger partial charge in [0.1, 0.15) is 11.5 Å². The molecule has 4 nitrogen and oxygen atoms in total. The molecule has 0 fully saturated rings. The van der Waals surface area contributed by atoms with E-state index in [1.807, 2.05) is 26.0 Å². The van der Waals surface area contributed by atoms with Gasteiger partial charge in [0.05, 0.1) is 12.6 Å². The molecule has 4 heteroatoms. The third-order valence-electron chi connectivity index (χ3n) is 3.13. The Bertz CT molecular complexity index is 361. The third kappa shape index (κ3) is 4.97. The van der Waals surface area contributed by atoms with Gasteiger partial charge in [-0.15, -0.1) is 0 Å². The molecule has 2 unspecified atom stereocenters. The van der Waals surface area contributed by atoms with Crippen LogP contribution >= 0.6 is 0 Å².